The summed E-state index contributed by atoms with van der Waals surface area (Å²) < 4.78 is 37.8. The second-order valence-corrected chi connectivity index (χ2v) is 9.01. The van der Waals surface area contributed by atoms with E-state index in [-0.39, 0.29) is 17.3 Å². The van der Waals surface area contributed by atoms with Gasteiger partial charge >= 0.3 is 0 Å². The number of benzene rings is 2. The van der Waals surface area contributed by atoms with Crippen LogP contribution in [0.1, 0.15) is 18.4 Å². The fraction of sp³-hybridized carbons (Fsp3) is 0.381. The maximum atomic E-state index is 13.0. The lowest BCUT2D eigenvalue weighted by Gasteiger charge is -2.31. The van der Waals surface area contributed by atoms with Gasteiger partial charge in [0.05, 0.1) is 30.7 Å². The number of nitrogens with zero attached hydrogens (tertiary/aromatic N) is 1. The fourth-order valence-electron chi connectivity index (χ4n) is 3.37. The molecule has 29 heavy (non-hydrogen) atoms. The van der Waals surface area contributed by atoms with Crippen molar-refractivity contribution in [2.75, 3.05) is 32.6 Å². The van der Waals surface area contributed by atoms with Gasteiger partial charge in [-0.25, -0.2) is 8.42 Å². The molecule has 1 aliphatic heterocycles. The maximum absolute atomic E-state index is 13.0. The Hall–Kier alpha value is -2.58. The van der Waals surface area contributed by atoms with Crippen molar-refractivity contribution >= 4 is 21.6 Å². The van der Waals surface area contributed by atoms with Crippen LogP contribution in [0, 0.1) is 12.8 Å². The highest BCUT2D eigenvalue weighted by Gasteiger charge is 2.33. The number of aryl methyl sites for hydroxylation is 1. The third-order valence-corrected chi connectivity index (χ3v) is 6.96. The average Bonchev–Trinajstić information content (AvgIpc) is 2.74. The lowest BCUT2D eigenvalue weighted by molar-refractivity contribution is -0.120. The monoisotopic (exact) mass is 418 g/mol. The van der Waals surface area contributed by atoms with E-state index < -0.39 is 15.9 Å². The van der Waals surface area contributed by atoms with Crippen molar-refractivity contribution in [3.63, 3.8) is 0 Å². The molecular formula is C21H26N2O5S. The van der Waals surface area contributed by atoms with Crippen LogP contribution in [-0.2, 0) is 14.8 Å². The van der Waals surface area contributed by atoms with Crippen LogP contribution in [0.4, 0.5) is 5.69 Å². The molecule has 1 fully saturated rings. The van der Waals surface area contributed by atoms with Crippen LogP contribution in [0.3, 0.4) is 0 Å². The molecule has 1 saturated heterocycles. The normalized spacial score (nSPS) is 17.6. The zero-order chi connectivity index (χ0) is 21.0. The third kappa shape index (κ3) is 4.71. The van der Waals surface area contributed by atoms with Crippen molar-refractivity contribution in [2.24, 2.45) is 5.92 Å². The van der Waals surface area contributed by atoms with E-state index in [2.05, 4.69) is 5.32 Å². The van der Waals surface area contributed by atoms with Gasteiger partial charge in [0.25, 0.3) is 0 Å². The Balaban J connectivity index is 1.73. The van der Waals surface area contributed by atoms with E-state index in [1.54, 1.807) is 49.6 Å². The van der Waals surface area contributed by atoms with E-state index in [1.165, 1.54) is 11.4 Å². The molecule has 0 aliphatic carbocycles. The molecular weight excluding hydrogens is 392 g/mol. The zero-order valence-electron chi connectivity index (χ0n) is 16.8. The molecule has 0 spiro atoms. The Bertz CT molecular complexity index is 973. The lowest BCUT2D eigenvalue weighted by atomic mass is 9.98. The molecule has 0 aromatic heterocycles. The molecule has 1 N–H and O–H groups in total. The van der Waals surface area contributed by atoms with Crippen LogP contribution < -0.4 is 14.8 Å². The van der Waals surface area contributed by atoms with Crippen LogP contribution in [0.25, 0.3) is 0 Å². The lowest BCUT2D eigenvalue weighted by Crippen LogP contribution is -2.43. The predicted molar refractivity (Wildman–Crippen MR) is 111 cm³/mol. The quantitative estimate of drug-likeness (QED) is 0.779. The highest BCUT2D eigenvalue weighted by Crippen LogP contribution is 2.31. The second kappa shape index (κ2) is 8.84. The molecule has 1 atom stereocenters. The number of hydrogen-bond acceptors (Lipinski definition) is 5. The molecule has 2 aromatic carbocycles. The summed E-state index contributed by atoms with van der Waals surface area (Å²) in [4.78, 5) is 13.1. The summed E-state index contributed by atoms with van der Waals surface area (Å²) >= 11 is 0. The predicted octanol–water partition coefficient (Wildman–Crippen LogP) is 3.05. The number of anilines is 1. The van der Waals surface area contributed by atoms with Gasteiger partial charge in [-0.1, -0.05) is 17.7 Å². The molecule has 1 heterocycles. The highest BCUT2D eigenvalue weighted by molar-refractivity contribution is 7.89. The summed E-state index contributed by atoms with van der Waals surface area (Å²) in [7, 11) is -0.559. The van der Waals surface area contributed by atoms with Crippen LogP contribution in [0.2, 0.25) is 0 Å². The van der Waals surface area contributed by atoms with E-state index in [0.717, 1.165) is 5.56 Å². The number of sulfonamides is 1. The Morgan fingerprint density at radius 2 is 1.83 bits per heavy atom. The van der Waals surface area contributed by atoms with Crippen LogP contribution in [0.5, 0.6) is 11.5 Å². The van der Waals surface area contributed by atoms with Crippen LogP contribution >= 0.6 is 0 Å². The van der Waals surface area contributed by atoms with Gasteiger partial charge in [0.15, 0.2) is 0 Å². The Kier molecular flexibility index (Phi) is 6.44. The van der Waals surface area contributed by atoms with E-state index in [1.807, 2.05) is 6.92 Å². The Morgan fingerprint density at radius 1 is 1.10 bits per heavy atom. The summed E-state index contributed by atoms with van der Waals surface area (Å²) in [5, 5.41) is 2.86. The number of hydrogen-bond donors (Lipinski definition) is 1. The molecule has 2 aromatic rings. The number of piperidine rings is 1. The summed E-state index contributed by atoms with van der Waals surface area (Å²) in [6, 6.07) is 11.9. The third-order valence-electron chi connectivity index (χ3n) is 5.08. The molecule has 1 aliphatic rings. The number of carbonyl (C=O) groups excluding carboxylic acids is 1. The van der Waals surface area contributed by atoms with Gasteiger partial charge in [0.2, 0.25) is 15.9 Å². The molecule has 156 valence electrons. The first-order chi connectivity index (χ1) is 13.8. The van der Waals surface area contributed by atoms with E-state index in [0.29, 0.717) is 36.6 Å². The summed E-state index contributed by atoms with van der Waals surface area (Å²) in [5.74, 6) is 0.443. The molecule has 1 amide bonds. The number of ether oxygens (including phenoxy) is 2. The summed E-state index contributed by atoms with van der Waals surface area (Å²) in [5.41, 5.74) is 1.52. The minimum atomic E-state index is -3.63. The standard InChI is InChI=1S/C21H26N2O5S/c1-15-6-9-18(10-7-15)29(25,26)23-12-4-5-16(14-23)21(24)22-19-11-8-17(27-2)13-20(19)28-3/h6-11,13,16H,4-5,12,14H2,1-3H3,(H,22,24)/t16-/m1/s1. The van der Waals surface area contributed by atoms with Crippen molar-refractivity contribution in [2.45, 2.75) is 24.7 Å². The van der Waals surface area contributed by atoms with Gasteiger partial charge in [-0.15, -0.1) is 0 Å². The Morgan fingerprint density at radius 3 is 2.48 bits per heavy atom. The Labute approximate surface area is 171 Å². The number of amides is 1. The van der Waals surface area contributed by atoms with Gasteiger partial charge in [0, 0.05) is 19.2 Å². The number of rotatable bonds is 6. The SMILES string of the molecule is COc1ccc(NC(=O)[C@@H]2CCCN(S(=O)(=O)c3ccc(C)cc3)C2)c(OC)c1. The fourth-order valence-corrected chi connectivity index (χ4v) is 4.89. The molecule has 0 radical (unpaired) electrons. The van der Waals surface area contributed by atoms with E-state index in [9.17, 15) is 13.2 Å². The molecule has 7 nitrogen and oxygen atoms in total. The summed E-state index contributed by atoms with van der Waals surface area (Å²) in [6.45, 7) is 2.47. The molecule has 0 bridgehead atoms. The average molecular weight is 419 g/mol. The number of methoxy groups -OCH3 is 2. The summed E-state index contributed by atoms with van der Waals surface area (Å²) in [6.07, 6.45) is 1.26. The van der Waals surface area contributed by atoms with Crippen LogP contribution in [0.15, 0.2) is 47.4 Å². The highest BCUT2D eigenvalue weighted by atomic mass is 32.2. The van der Waals surface area contributed by atoms with Crippen molar-refractivity contribution in [1.82, 2.24) is 4.31 Å². The topological polar surface area (TPSA) is 84.9 Å². The minimum Gasteiger partial charge on any atom is -0.497 e. The first kappa shape index (κ1) is 21.1. The van der Waals surface area contributed by atoms with Crippen molar-refractivity contribution < 1.29 is 22.7 Å². The largest absolute Gasteiger partial charge is 0.497 e. The van der Waals surface area contributed by atoms with Crippen molar-refractivity contribution in [3.8, 4) is 11.5 Å². The van der Waals surface area contributed by atoms with Crippen molar-refractivity contribution in [1.29, 1.82) is 0 Å². The van der Waals surface area contributed by atoms with Gasteiger partial charge in [-0.2, -0.15) is 4.31 Å². The maximum Gasteiger partial charge on any atom is 0.243 e. The zero-order valence-corrected chi connectivity index (χ0v) is 17.7. The number of carbonyl (C=O) groups is 1. The molecule has 0 saturated carbocycles. The smallest absolute Gasteiger partial charge is 0.243 e. The minimum absolute atomic E-state index is 0.153. The second-order valence-electron chi connectivity index (χ2n) is 7.07. The first-order valence-electron chi connectivity index (χ1n) is 9.45. The molecule has 3 rings (SSSR count). The van der Waals surface area contributed by atoms with Crippen LogP contribution in [-0.4, -0.2) is 45.9 Å². The van der Waals surface area contributed by atoms with Gasteiger partial charge in [0.1, 0.15) is 11.5 Å². The van der Waals surface area contributed by atoms with E-state index >= 15 is 0 Å². The van der Waals surface area contributed by atoms with Gasteiger partial charge in [-0.3, -0.25) is 4.79 Å². The molecule has 8 heteroatoms. The van der Waals surface area contributed by atoms with E-state index in [4.69, 9.17) is 9.47 Å². The first-order valence-corrected chi connectivity index (χ1v) is 10.9. The van der Waals surface area contributed by atoms with Crippen molar-refractivity contribution in [3.05, 3.63) is 48.0 Å². The number of nitrogens with one attached hydrogen (secondary N) is 1. The molecule has 0 unspecified atom stereocenters. The van der Waals surface area contributed by atoms with Gasteiger partial charge < -0.3 is 14.8 Å². The van der Waals surface area contributed by atoms with Gasteiger partial charge in [-0.05, 0) is 44.0 Å².